The molecule has 0 atom stereocenters. The molecule has 0 radical (unpaired) electrons. The Hall–Kier alpha value is -2.50. The number of nitrogens with one attached hydrogen (secondary N) is 2. The molecule has 16 heavy (non-hydrogen) atoms. The molecule has 4 N–H and O–H groups in total. The zero-order chi connectivity index (χ0) is 11.5. The van der Waals surface area contributed by atoms with Crippen LogP contribution >= 0.6 is 0 Å². The molecule has 0 aliphatic carbocycles. The number of primary amides is 1. The second-order valence-electron chi connectivity index (χ2n) is 3.09. The van der Waals surface area contributed by atoms with Gasteiger partial charge in [0.05, 0.1) is 0 Å². The Kier molecular flexibility index (Phi) is 2.47. The molecule has 1 aromatic carbocycles. The van der Waals surface area contributed by atoms with Crippen molar-refractivity contribution in [3.05, 3.63) is 36.1 Å². The van der Waals surface area contributed by atoms with E-state index < -0.39 is 11.9 Å². The SMILES string of the molecule is NC(=O)NNC(=O)c1cc2ccccc2o1. The van der Waals surface area contributed by atoms with Crippen LogP contribution in [-0.2, 0) is 0 Å². The van der Waals surface area contributed by atoms with Crippen molar-refractivity contribution in [2.24, 2.45) is 5.73 Å². The number of hydrazine groups is 1. The second-order valence-corrected chi connectivity index (χ2v) is 3.09. The van der Waals surface area contributed by atoms with Crippen molar-refractivity contribution in [3.63, 3.8) is 0 Å². The number of furan rings is 1. The van der Waals surface area contributed by atoms with Gasteiger partial charge in [-0.3, -0.25) is 10.2 Å². The first kappa shape index (κ1) is 10.0. The number of para-hydroxylation sites is 1. The minimum absolute atomic E-state index is 0.106. The fraction of sp³-hybridized carbons (Fsp3) is 0. The van der Waals surface area contributed by atoms with Crippen molar-refractivity contribution in [2.75, 3.05) is 0 Å². The molecule has 1 aromatic heterocycles. The Morgan fingerprint density at radius 2 is 1.94 bits per heavy atom. The molecule has 0 bridgehead atoms. The fourth-order valence-corrected chi connectivity index (χ4v) is 1.27. The Morgan fingerprint density at radius 3 is 2.62 bits per heavy atom. The van der Waals surface area contributed by atoms with Crippen LogP contribution in [0.1, 0.15) is 10.6 Å². The summed E-state index contributed by atoms with van der Waals surface area (Å²) in [4.78, 5) is 21.8. The van der Waals surface area contributed by atoms with Crippen molar-refractivity contribution in [3.8, 4) is 0 Å². The highest BCUT2D eigenvalue weighted by Gasteiger charge is 2.11. The minimum Gasteiger partial charge on any atom is -0.451 e. The van der Waals surface area contributed by atoms with Gasteiger partial charge in [-0.2, -0.15) is 0 Å². The summed E-state index contributed by atoms with van der Waals surface area (Å²) in [7, 11) is 0. The standard InChI is InChI=1S/C10H9N3O3/c11-10(15)13-12-9(14)8-5-6-3-1-2-4-7(6)16-8/h1-5H,(H,12,14)(H3,11,13,15). The van der Waals surface area contributed by atoms with E-state index in [1.54, 1.807) is 18.2 Å². The highest BCUT2D eigenvalue weighted by atomic mass is 16.3. The molecule has 82 valence electrons. The van der Waals surface area contributed by atoms with Gasteiger partial charge in [0.15, 0.2) is 5.76 Å². The number of fused-ring (bicyclic) bond motifs is 1. The summed E-state index contributed by atoms with van der Waals surface area (Å²) in [5.41, 5.74) is 9.47. The third-order valence-corrected chi connectivity index (χ3v) is 1.95. The average molecular weight is 219 g/mol. The molecular formula is C10H9N3O3. The van der Waals surface area contributed by atoms with Crippen molar-refractivity contribution >= 4 is 22.9 Å². The number of nitrogens with two attached hydrogens (primary N) is 1. The van der Waals surface area contributed by atoms with E-state index in [-0.39, 0.29) is 5.76 Å². The maximum absolute atomic E-state index is 11.4. The number of urea groups is 1. The highest BCUT2D eigenvalue weighted by molar-refractivity contribution is 5.96. The Balaban J connectivity index is 2.20. The van der Waals surface area contributed by atoms with E-state index in [0.29, 0.717) is 5.58 Å². The van der Waals surface area contributed by atoms with E-state index in [1.165, 1.54) is 0 Å². The van der Waals surface area contributed by atoms with Crippen LogP contribution in [0.3, 0.4) is 0 Å². The molecule has 6 heteroatoms. The lowest BCUT2D eigenvalue weighted by molar-refractivity contribution is 0.0911. The highest BCUT2D eigenvalue weighted by Crippen LogP contribution is 2.18. The predicted octanol–water partition coefficient (Wildman–Crippen LogP) is 0.746. The van der Waals surface area contributed by atoms with E-state index >= 15 is 0 Å². The van der Waals surface area contributed by atoms with Crippen LogP contribution in [0.2, 0.25) is 0 Å². The van der Waals surface area contributed by atoms with E-state index in [0.717, 1.165) is 5.39 Å². The molecule has 2 aromatic rings. The summed E-state index contributed by atoms with van der Waals surface area (Å²) in [6.45, 7) is 0. The van der Waals surface area contributed by atoms with E-state index in [4.69, 9.17) is 10.2 Å². The lowest BCUT2D eigenvalue weighted by Gasteiger charge is -2.00. The smallest absolute Gasteiger partial charge is 0.330 e. The van der Waals surface area contributed by atoms with Crippen molar-refractivity contribution in [1.82, 2.24) is 10.9 Å². The molecule has 0 spiro atoms. The van der Waals surface area contributed by atoms with Gasteiger partial charge in [-0.15, -0.1) is 0 Å². The van der Waals surface area contributed by atoms with Crippen LogP contribution in [0.25, 0.3) is 11.0 Å². The summed E-state index contributed by atoms with van der Waals surface area (Å²) in [6.07, 6.45) is 0. The first-order valence-electron chi connectivity index (χ1n) is 4.51. The number of carbonyl (C=O) groups excluding carboxylic acids is 2. The zero-order valence-electron chi connectivity index (χ0n) is 8.19. The number of hydrogen-bond donors (Lipinski definition) is 3. The van der Waals surface area contributed by atoms with Crippen LogP contribution in [0.5, 0.6) is 0 Å². The lowest BCUT2D eigenvalue weighted by atomic mass is 10.2. The number of rotatable bonds is 1. The fourth-order valence-electron chi connectivity index (χ4n) is 1.27. The summed E-state index contributed by atoms with van der Waals surface area (Å²) in [6, 6.07) is 7.93. The maximum Gasteiger partial charge on any atom is 0.330 e. The van der Waals surface area contributed by atoms with Gasteiger partial charge in [-0.1, -0.05) is 18.2 Å². The first-order chi connectivity index (χ1) is 7.66. The summed E-state index contributed by atoms with van der Waals surface area (Å²) < 4.78 is 5.26. The molecule has 0 aliphatic rings. The molecule has 1 heterocycles. The third kappa shape index (κ3) is 1.95. The van der Waals surface area contributed by atoms with Gasteiger partial charge >= 0.3 is 11.9 Å². The molecule has 0 saturated carbocycles. The maximum atomic E-state index is 11.4. The number of hydrogen-bond acceptors (Lipinski definition) is 3. The van der Waals surface area contributed by atoms with Gasteiger partial charge in [0.1, 0.15) is 5.58 Å². The number of carbonyl (C=O) groups is 2. The van der Waals surface area contributed by atoms with Gasteiger partial charge in [0, 0.05) is 5.39 Å². The Bertz CT molecular complexity index is 514. The molecule has 0 saturated heterocycles. The van der Waals surface area contributed by atoms with Gasteiger partial charge < -0.3 is 10.2 Å². The molecule has 6 nitrogen and oxygen atoms in total. The molecule has 0 aliphatic heterocycles. The Morgan fingerprint density at radius 1 is 1.19 bits per heavy atom. The van der Waals surface area contributed by atoms with Crippen LogP contribution in [0.15, 0.2) is 34.7 Å². The van der Waals surface area contributed by atoms with Crippen LogP contribution < -0.4 is 16.6 Å². The van der Waals surface area contributed by atoms with Crippen molar-refractivity contribution < 1.29 is 14.0 Å². The summed E-state index contributed by atoms with van der Waals surface area (Å²) in [5.74, 6) is -0.454. The minimum atomic E-state index is -0.843. The largest absolute Gasteiger partial charge is 0.451 e. The van der Waals surface area contributed by atoms with E-state index in [1.807, 2.05) is 17.6 Å². The topological polar surface area (TPSA) is 97.4 Å². The van der Waals surface area contributed by atoms with Crippen LogP contribution in [0, 0.1) is 0 Å². The normalized spacial score (nSPS) is 10.0. The summed E-state index contributed by atoms with van der Waals surface area (Å²) in [5, 5.41) is 0.812. The Labute approximate surface area is 90.4 Å². The third-order valence-electron chi connectivity index (χ3n) is 1.95. The molecular weight excluding hydrogens is 210 g/mol. The lowest BCUT2D eigenvalue weighted by Crippen LogP contribution is -2.44. The quantitative estimate of drug-likeness (QED) is 0.617. The van der Waals surface area contributed by atoms with Gasteiger partial charge in [0.2, 0.25) is 0 Å². The second kappa shape index (κ2) is 3.93. The molecule has 0 fully saturated rings. The van der Waals surface area contributed by atoms with E-state index in [9.17, 15) is 9.59 Å². The van der Waals surface area contributed by atoms with Gasteiger partial charge in [-0.05, 0) is 12.1 Å². The predicted molar refractivity (Wildman–Crippen MR) is 56.4 cm³/mol. The number of amides is 3. The first-order valence-corrected chi connectivity index (χ1v) is 4.51. The zero-order valence-corrected chi connectivity index (χ0v) is 8.19. The van der Waals surface area contributed by atoms with Crippen LogP contribution in [-0.4, -0.2) is 11.9 Å². The number of benzene rings is 1. The molecule has 2 rings (SSSR count). The average Bonchev–Trinajstić information content (AvgIpc) is 2.69. The molecule has 3 amide bonds. The molecule has 0 unspecified atom stereocenters. The monoisotopic (exact) mass is 219 g/mol. The van der Waals surface area contributed by atoms with Gasteiger partial charge in [0.25, 0.3) is 0 Å². The van der Waals surface area contributed by atoms with Crippen molar-refractivity contribution in [1.29, 1.82) is 0 Å². The summed E-state index contributed by atoms with van der Waals surface area (Å²) >= 11 is 0. The van der Waals surface area contributed by atoms with Crippen molar-refractivity contribution in [2.45, 2.75) is 0 Å². The van der Waals surface area contributed by atoms with E-state index in [2.05, 4.69) is 5.43 Å². The van der Waals surface area contributed by atoms with Crippen LogP contribution in [0.4, 0.5) is 4.79 Å². The van der Waals surface area contributed by atoms with Gasteiger partial charge in [-0.25, -0.2) is 10.2 Å².